The van der Waals surface area contributed by atoms with Gasteiger partial charge in [-0.15, -0.1) is 11.3 Å². The van der Waals surface area contributed by atoms with E-state index >= 15 is 0 Å². The number of rotatable bonds is 8. The monoisotopic (exact) mass is 638 g/mol. The molecular formula is C43H34N4S. The van der Waals surface area contributed by atoms with Gasteiger partial charge in [0.25, 0.3) is 0 Å². The fourth-order valence-corrected chi connectivity index (χ4v) is 7.63. The largest absolute Gasteiger partial charge is 0.354 e. The van der Waals surface area contributed by atoms with E-state index < -0.39 is 0 Å². The number of aryl methyl sites for hydroxylation is 1. The Morgan fingerprint density at radius 3 is 2.56 bits per heavy atom. The molecule has 232 valence electrons. The van der Waals surface area contributed by atoms with Crippen molar-refractivity contribution in [1.82, 2.24) is 0 Å². The van der Waals surface area contributed by atoms with Crippen LogP contribution in [-0.2, 0) is 0 Å². The van der Waals surface area contributed by atoms with Crippen LogP contribution in [0.3, 0.4) is 0 Å². The van der Waals surface area contributed by atoms with Crippen molar-refractivity contribution in [2.75, 3.05) is 5.32 Å². The second kappa shape index (κ2) is 13.5. The first-order valence-electron chi connectivity index (χ1n) is 16.1. The van der Waals surface area contributed by atoms with Crippen molar-refractivity contribution in [3.8, 4) is 17.2 Å². The quantitative estimate of drug-likeness (QED) is 0.163. The van der Waals surface area contributed by atoms with Gasteiger partial charge in [-0.2, -0.15) is 5.26 Å². The average molecular weight is 639 g/mol. The Hall–Kier alpha value is -5.83. The van der Waals surface area contributed by atoms with Crippen molar-refractivity contribution in [2.45, 2.75) is 26.2 Å². The third-order valence-electron chi connectivity index (χ3n) is 8.67. The first kappa shape index (κ1) is 30.8. The van der Waals surface area contributed by atoms with Gasteiger partial charge in [0.1, 0.15) is 0 Å². The summed E-state index contributed by atoms with van der Waals surface area (Å²) in [6.45, 7) is 4.37. The van der Waals surface area contributed by atoms with Crippen molar-refractivity contribution in [1.29, 1.82) is 10.7 Å². The molecule has 5 aromatic carbocycles. The number of fused-ring (bicyclic) bond motifs is 3. The third kappa shape index (κ3) is 6.40. The van der Waals surface area contributed by atoms with Crippen molar-refractivity contribution in [2.24, 2.45) is 4.99 Å². The molecule has 48 heavy (non-hydrogen) atoms. The minimum absolute atomic E-state index is 0.292. The summed E-state index contributed by atoms with van der Waals surface area (Å²) in [7, 11) is 0. The van der Waals surface area contributed by atoms with E-state index in [1.54, 1.807) is 24.3 Å². The van der Waals surface area contributed by atoms with Gasteiger partial charge in [0.2, 0.25) is 0 Å². The molecule has 1 unspecified atom stereocenters. The third-order valence-corrected chi connectivity index (χ3v) is 9.87. The predicted octanol–water partition coefficient (Wildman–Crippen LogP) is 11.5. The van der Waals surface area contributed by atoms with Crippen LogP contribution in [0.2, 0.25) is 0 Å². The number of benzene rings is 5. The van der Waals surface area contributed by atoms with Crippen LogP contribution in [0.1, 0.15) is 57.5 Å². The molecule has 0 spiro atoms. The SMILES string of the molecule is Cc1cccc(C(=C/C(=N)c2cccc(C#N)c2)/N=C/c2cccc(Nc3c(-c4ccccc4)ccc4c5c(sc34)C=CCC5C)c2)c1. The molecule has 0 amide bonds. The number of nitriles is 1. The number of anilines is 2. The van der Waals surface area contributed by atoms with Gasteiger partial charge in [0.05, 0.1) is 33.4 Å². The smallest absolute Gasteiger partial charge is 0.0991 e. The molecule has 5 heteroatoms. The summed E-state index contributed by atoms with van der Waals surface area (Å²) < 4.78 is 1.27. The van der Waals surface area contributed by atoms with Gasteiger partial charge in [-0.1, -0.05) is 103 Å². The fraction of sp³-hybridized carbons (Fsp3) is 0.0930. The highest BCUT2D eigenvalue weighted by atomic mass is 32.1. The summed E-state index contributed by atoms with van der Waals surface area (Å²) in [6.07, 6.45) is 9.26. The Balaban J connectivity index is 1.26. The van der Waals surface area contributed by atoms with E-state index in [0.717, 1.165) is 34.5 Å². The number of allylic oxidation sites excluding steroid dienone is 2. The average Bonchev–Trinajstić information content (AvgIpc) is 3.51. The van der Waals surface area contributed by atoms with E-state index in [-0.39, 0.29) is 0 Å². The summed E-state index contributed by atoms with van der Waals surface area (Å²) in [5.41, 5.74) is 11.0. The van der Waals surface area contributed by atoms with Gasteiger partial charge in [-0.25, -0.2) is 0 Å². The Labute approximate surface area is 285 Å². The summed E-state index contributed by atoms with van der Waals surface area (Å²) in [5, 5.41) is 23.3. The maximum absolute atomic E-state index is 9.37. The van der Waals surface area contributed by atoms with E-state index in [0.29, 0.717) is 28.5 Å². The van der Waals surface area contributed by atoms with Crippen LogP contribution >= 0.6 is 11.3 Å². The number of hydrogen-bond acceptors (Lipinski definition) is 5. The highest BCUT2D eigenvalue weighted by Gasteiger charge is 2.22. The van der Waals surface area contributed by atoms with Crippen LogP contribution in [0.15, 0.2) is 132 Å². The second-order valence-corrected chi connectivity index (χ2v) is 13.2. The van der Waals surface area contributed by atoms with Crippen LogP contribution < -0.4 is 5.32 Å². The van der Waals surface area contributed by atoms with Gasteiger partial charge >= 0.3 is 0 Å². The number of nitrogens with zero attached hydrogens (tertiary/aromatic N) is 2. The lowest BCUT2D eigenvalue weighted by molar-refractivity contribution is 0.783. The van der Waals surface area contributed by atoms with E-state index in [1.165, 1.54) is 31.7 Å². The van der Waals surface area contributed by atoms with E-state index in [4.69, 9.17) is 10.4 Å². The molecule has 1 aromatic heterocycles. The van der Waals surface area contributed by atoms with E-state index in [2.05, 4.69) is 91.1 Å². The summed E-state index contributed by atoms with van der Waals surface area (Å²) in [4.78, 5) is 6.27. The zero-order valence-corrected chi connectivity index (χ0v) is 27.7. The van der Waals surface area contributed by atoms with Gasteiger partial charge in [-0.3, -0.25) is 4.99 Å². The van der Waals surface area contributed by atoms with Crippen molar-refractivity contribution in [3.05, 3.63) is 166 Å². The molecule has 0 saturated carbocycles. The molecule has 4 nitrogen and oxygen atoms in total. The van der Waals surface area contributed by atoms with Crippen LogP contribution in [0, 0.1) is 23.7 Å². The highest BCUT2D eigenvalue weighted by molar-refractivity contribution is 7.20. The number of aliphatic imine (C=N–C) groups is 1. The maximum atomic E-state index is 9.37. The summed E-state index contributed by atoms with van der Waals surface area (Å²) >= 11 is 1.86. The molecule has 7 rings (SSSR count). The second-order valence-electron chi connectivity index (χ2n) is 12.2. The summed E-state index contributed by atoms with van der Waals surface area (Å²) in [5.74, 6) is 0.487. The van der Waals surface area contributed by atoms with Crippen molar-refractivity contribution < 1.29 is 0 Å². The molecule has 1 aliphatic carbocycles. The molecule has 0 saturated heterocycles. The van der Waals surface area contributed by atoms with E-state index in [9.17, 15) is 5.26 Å². The zero-order chi connectivity index (χ0) is 33.0. The highest BCUT2D eigenvalue weighted by Crippen LogP contribution is 2.47. The Kier molecular flexibility index (Phi) is 8.66. The molecule has 0 bridgehead atoms. The maximum Gasteiger partial charge on any atom is 0.0991 e. The fourth-order valence-electron chi connectivity index (χ4n) is 6.27. The predicted molar refractivity (Wildman–Crippen MR) is 204 cm³/mol. The number of thiophene rings is 1. The molecule has 0 radical (unpaired) electrons. The van der Waals surface area contributed by atoms with Gasteiger partial charge in [0, 0.05) is 33.5 Å². The molecule has 2 N–H and O–H groups in total. The van der Waals surface area contributed by atoms with Crippen LogP contribution in [0.25, 0.3) is 33.0 Å². The molecule has 0 aliphatic heterocycles. The van der Waals surface area contributed by atoms with Crippen molar-refractivity contribution in [3.63, 3.8) is 0 Å². The first-order chi connectivity index (χ1) is 23.5. The Morgan fingerprint density at radius 2 is 1.73 bits per heavy atom. The van der Waals surface area contributed by atoms with Crippen molar-refractivity contribution >= 4 is 56.5 Å². The lowest BCUT2D eigenvalue weighted by Gasteiger charge is -2.16. The molecule has 1 aliphatic rings. The van der Waals surface area contributed by atoms with E-state index in [1.807, 2.05) is 60.9 Å². The Morgan fingerprint density at radius 1 is 0.917 bits per heavy atom. The van der Waals surface area contributed by atoms with Crippen LogP contribution in [0.5, 0.6) is 0 Å². The normalized spacial score (nSPS) is 14.2. The van der Waals surface area contributed by atoms with Crippen LogP contribution in [-0.4, -0.2) is 11.9 Å². The lowest BCUT2D eigenvalue weighted by atomic mass is 9.90. The number of nitrogens with one attached hydrogen (secondary N) is 2. The van der Waals surface area contributed by atoms with Gasteiger partial charge in [0.15, 0.2) is 0 Å². The topological polar surface area (TPSA) is 72.0 Å². The molecular weight excluding hydrogens is 605 g/mol. The zero-order valence-electron chi connectivity index (χ0n) is 26.9. The molecule has 0 fully saturated rings. The van der Waals surface area contributed by atoms with Crippen LogP contribution in [0.4, 0.5) is 11.4 Å². The summed E-state index contributed by atoms with van der Waals surface area (Å²) in [6, 6.07) is 40.8. The molecule has 1 atom stereocenters. The minimum Gasteiger partial charge on any atom is -0.354 e. The number of hydrogen-bond donors (Lipinski definition) is 2. The Bertz CT molecular complexity index is 2300. The minimum atomic E-state index is 0.292. The standard InChI is InChI=1S/C43H34N4S/c1-28-10-6-17-34(22-28)39(25-38(45)33-16-8-12-30(23-33)26-44)46-27-31-13-9-18-35(24-31)47-42-36(32-14-4-3-5-15-32)20-21-37-41-29(2)11-7-19-40(41)48-43(37)42/h3-10,12-25,27,29,45,47H,11H2,1-2H3/b39-25-,45-38?,46-27+. The lowest BCUT2D eigenvalue weighted by Crippen LogP contribution is -1.98. The molecule has 6 aromatic rings. The first-order valence-corrected chi connectivity index (χ1v) is 16.9. The molecule has 1 heterocycles. The van der Waals surface area contributed by atoms with Gasteiger partial charge < -0.3 is 10.7 Å². The van der Waals surface area contributed by atoms with Gasteiger partial charge in [-0.05, 0) is 83.8 Å².